The van der Waals surface area contributed by atoms with Crippen LogP contribution in [0, 0.1) is 0 Å². The summed E-state index contributed by atoms with van der Waals surface area (Å²) in [5, 5.41) is 3.72. The molecule has 0 aliphatic carbocycles. The number of nitrogens with one attached hydrogen (secondary N) is 1. The fraction of sp³-hybridized carbons (Fsp3) is 1.00. The first-order valence-electron chi connectivity index (χ1n) is 6.92. The second-order valence-electron chi connectivity index (χ2n) is 5.74. The molecule has 2 heterocycles. The van der Waals surface area contributed by atoms with E-state index in [4.69, 9.17) is 4.74 Å². The molecule has 2 fully saturated rings. The topological polar surface area (TPSA) is 27.7 Å². The highest BCUT2D eigenvalue weighted by molar-refractivity contribution is 4.85. The molecular weight excluding hydrogens is 214 g/mol. The Kier molecular flexibility index (Phi) is 4.79. The lowest BCUT2D eigenvalue weighted by atomic mass is 9.92. The molecule has 0 amide bonds. The van der Waals surface area contributed by atoms with E-state index >= 15 is 0 Å². The predicted octanol–water partition coefficient (Wildman–Crippen LogP) is 0.393. The maximum Gasteiger partial charge on any atom is 0.0483 e. The van der Waals surface area contributed by atoms with Gasteiger partial charge in [-0.15, -0.1) is 0 Å². The van der Waals surface area contributed by atoms with Crippen LogP contribution in [0.2, 0.25) is 0 Å². The maximum absolute atomic E-state index is 5.42. The van der Waals surface area contributed by atoms with Gasteiger partial charge in [0, 0.05) is 58.0 Å². The minimum atomic E-state index is 0.310. The van der Waals surface area contributed by atoms with E-state index in [0.717, 1.165) is 32.6 Å². The number of rotatable bonds is 4. The van der Waals surface area contributed by atoms with Crippen LogP contribution in [0.4, 0.5) is 0 Å². The number of nitrogens with zero attached hydrogens (tertiary/aromatic N) is 2. The van der Waals surface area contributed by atoms with Crippen molar-refractivity contribution in [3.8, 4) is 0 Å². The summed E-state index contributed by atoms with van der Waals surface area (Å²) in [4.78, 5) is 4.97. The standard InChI is InChI=1S/C13H27N3O/c1-13(3-11-17-12-4-13)14-5-6-16-9-7-15(2)8-10-16/h14H,3-12H2,1-2H3. The highest BCUT2D eigenvalue weighted by Gasteiger charge is 2.26. The van der Waals surface area contributed by atoms with Crippen molar-refractivity contribution < 1.29 is 4.74 Å². The minimum absolute atomic E-state index is 0.310. The van der Waals surface area contributed by atoms with Gasteiger partial charge in [-0.25, -0.2) is 0 Å². The molecule has 0 bridgehead atoms. The number of hydrogen-bond acceptors (Lipinski definition) is 4. The van der Waals surface area contributed by atoms with Gasteiger partial charge in [0.25, 0.3) is 0 Å². The number of likely N-dealkylation sites (N-methyl/N-ethyl adjacent to an activating group) is 1. The van der Waals surface area contributed by atoms with Crippen molar-refractivity contribution in [1.82, 2.24) is 15.1 Å². The summed E-state index contributed by atoms with van der Waals surface area (Å²) in [7, 11) is 2.21. The third-order valence-corrected chi connectivity index (χ3v) is 4.17. The average Bonchev–Trinajstić information content (AvgIpc) is 2.32. The van der Waals surface area contributed by atoms with Crippen LogP contribution in [0.1, 0.15) is 19.8 Å². The summed E-state index contributed by atoms with van der Waals surface area (Å²) in [5.74, 6) is 0. The SMILES string of the molecule is CN1CCN(CCNC2(C)CCOCC2)CC1. The highest BCUT2D eigenvalue weighted by atomic mass is 16.5. The Morgan fingerprint density at radius 2 is 1.76 bits per heavy atom. The molecule has 2 aliphatic rings. The first-order valence-corrected chi connectivity index (χ1v) is 6.92. The summed E-state index contributed by atoms with van der Waals surface area (Å²) in [6.45, 7) is 11.3. The van der Waals surface area contributed by atoms with Crippen molar-refractivity contribution in [1.29, 1.82) is 0 Å². The molecule has 2 saturated heterocycles. The van der Waals surface area contributed by atoms with E-state index in [2.05, 4.69) is 29.1 Å². The van der Waals surface area contributed by atoms with Crippen LogP contribution in [0.3, 0.4) is 0 Å². The molecule has 0 spiro atoms. The molecule has 0 unspecified atom stereocenters. The zero-order chi connectivity index (χ0) is 12.1. The molecular formula is C13H27N3O. The molecule has 2 rings (SSSR count). The summed E-state index contributed by atoms with van der Waals surface area (Å²) >= 11 is 0. The van der Waals surface area contributed by atoms with E-state index in [0.29, 0.717) is 5.54 Å². The Labute approximate surface area is 105 Å². The molecule has 17 heavy (non-hydrogen) atoms. The van der Waals surface area contributed by atoms with Crippen LogP contribution in [0.15, 0.2) is 0 Å². The van der Waals surface area contributed by atoms with E-state index in [1.807, 2.05) is 0 Å². The van der Waals surface area contributed by atoms with E-state index < -0.39 is 0 Å². The molecule has 0 saturated carbocycles. The average molecular weight is 241 g/mol. The Hall–Kier alpha value is -0.160. The van der Waals surface area contributed by atoms with Crippen LogP contribution < -0.4 is 5.32 Å². The van der Waals surface area contributed by atoms with Crippen LogP contribution in [0.5, 0.6) is 0 Å². The highest BCUT2D eigenvalue weighted by Crippen LogP contribution is 2.19. The number of hydrogen-bond donors (Lipinski definition) is 1. The van der Waals surface area contributed by atoms with E-state index in [1.54, 1.807) is 0 Å². The zero-order valence-electron chi connectivity index (χ0n) is 11.4. The minimum Gasteiger partial charge on any atom is -0.381 e. The molecule has 100 valence electrons. The van der Waals surface area contributed by atoms with Gasteiger partial charge < -0.3 is 15.0 Å². The molecule has 2 aliphatic heterocycles. The smallest absolute Gasteiger partial charge is 0.0483 e. The van der Waals surface area contributed by atoms with Crippen LogP contribution in [-0.4, -0.2) is 74.9 Å². The normalized spacial score (nSPS) is 27.2. The molecule has 0 aromatic carbocycles. The largest absolute Gasteiger partial charge is 0.381 e. The van der Waals surface area contributed by atoms with Crippen molar-refractivity contribution in [3.05, 3.63) is 0 Å². The molecule has 1 N–H and O–H groups in total. The Morgan fingerprint density at radius 1 is 1.12 bits per heavy atom. The fourth-order valence-electron chi connectivity index (χ4n) is 2.59. The zero-order valence-corrected chi connectivity index (χ0v) is 11.4. The molecule has 0 radical (unpaired) electrons. The lowest BCUT2D eigenvalue weighted by molar-refractivity contribution is 0.0436. The second kappa shape index (κ2) is 6.14. The predicted molar refractivity (Wildman–Crippen MR) is 70.4 cm³/mol. The van der Waals surface area contributed by atoms with Crippen LogP contribution in [0.25, 0.3) is 0 Å². The van der Waals surface area contributed by atoms with Gasteiger partial charge in [-0.05, 0) is 26.8 Å². The van der Waals surface area contributed by atoms with E-state index in [1.165, 1.54) is 32.7 Å². The first-order chi connectivity index (χ1) is 8.18. The third kappa shape index (κ3) is 4.21. The quantitative estimate of drug-likeness (QED) is 0.771. The van der Waals surface area contributed by atoms with Crippen molar-refractivity contribution >= 4 is 0 Å². The van der Waals surface area contributed by atoms with Gasteiger partial charge in [-0.3, -0.25) is 4.90 Å². The van der Waals surface area contributed by atoms with Gasteiger partial charge in [0.2, 0.25) is 0 Å². The third-order valence-electron chi connectivity index (χ3n) is 4.17. The Bertz CT molecular complexity index is 221. The second-order valence-corrected chi connectivity index (χ2v) is 5.74. The number of piperazine rings is 1. The Balaban J connectivity index is 1.62. The van der Waals surface area contributed by atoms with Gasteiger partial charge in [0.1, 0.15) is 0 Å². The first kappa shape index (κ1) is 13.3. The summed E-state index contributed by atoms with van der Waals surface area (Å²) in [5.41, 5.74) is 0.310. The van der Waals surface area contributed by atoms with Crippen molar-refractivity contribution in [2.24, 2.45) is 0 Å². The number of ether oxygens (including phenoxy) is 1. The van der Waals surface area contributed by atoms with E-state index in [9.17, 15) is 0 Å². The Morgan fingerprint density at radius 3 is 2.41 bits per heavy atom. The molecule has 0 aromatic heterocycles. The molecule has 4 heteroatoms. The summed E-state index contributed by atoms with van der Waals surface area (Å²) in [6.07, 6.45) is 2.30. The van der Waals surface area contributed by atoms with Crippen molar-refractivity contribution in [3.63, 3.8) is 0 Å². The molecule has 0 atom stereocenters. The van der Waals surface area contributed by atoms with Gasteiger partial charge in [-0.2, -0.15) is 0 Å². The summed E-state index contributed by atoms with van der Waals surface area (Å²) < 4.78 is 5.42. The maximum atomic E-state index is 5.42. The fourth-order valence-corrected chi connectivity index (χ4v) is 2.59. The monoisotopic (exact) mass is 241 g/mol. The van der Waals surface area contributed by atoms with Crippen LogP contribution >= 0.6 is 0 Å². The molecule has 0 aromatic rings. The molecule has 4 nitrogen and oxygen atoms in total. The lowest BCUT2D eigenvalue weighted by Crippen LogP contribution is -2.51. The van der Waals surface area contributed by atoms with Gasteiger partial charge >= 0.3 is 0 Å². The summed E-state index contributed by atoms with van der Waals surface area (Å²) in [6, 6.07) is 0. The van der Waals surface area contributed by atoms with Gasteiger partial charge in [0.05, 0.1) is 0 Å². The van der Waals surface area contributed by atoms with Gasteiger partial charge in [-0.1, -0.05) is 0 Å². The van der Waals surface area contributed by atoms with Crippen LogP contribution in [-0.2, 0) is 4.74 Å². The lowest BCUT2D eigenvalue weighted by Gasteiger charge is -2.37. The van der Waals surface area contributed by atoms with Crippen molar-refractivity contribution in [2.75, 3.05) is 59.5 Å². The van der Waals surface area contributed by atoms with Gasteiger partial charge in [0.15, 0.2) is 0 Å². The van der Waals surface area contributed by atoms with Crippen molar-refractivity contribution in [2.45, 2.75) is 25.3 Å². The van der Waals surface area contributed by atoms with E-state index in [-0.39, 0.29) is 0 Å².